The van der Waals surface area contributed by atoms with Crippen LogP contribution in [0.15, 0.2) is 40.1 Å². The van der Waals surface area contributed by atoms with Crippen molar-refractivity contribution in [2.24, 2.45) is 11.8 Å². The molecule has 2 heterocycles. The Bertz CT molecular complexity index is 1090. The number of hydrogen-bond donors (Lipinski definition) is 3. The first-order chi connectivity index (χ1) is 17.1. The molecule has 36 heavy (non-hydrogen) atoms. The SMILES string of the molecule is Cc1cn(C2C[C@@H](O)C(CO)O2)c(=O)n(C(O)c2ccc(OCCC(C)CCCC(C)C)cc2)c1=O. The standard InChI is InChI=1S/C27H40N2O7/c1-17(2)6-5-7-18(3)12-13-35-21-10-8-20(9-11-21)26(33)29-25(32)19(4)15-28(27(29)34)24-14-22(31)23(16-30)36-24/h8-11,15,17-18,22-24,26,30-31,33H,5-7,12-14,16H2,1-4H3/t18?,22-,23?,24?,26?/m1/s1. The van der Waals surface area contributed by atoms with Gasteiger partial charge in [-0.25, -0.2) is 9.36 Å². The number of rotatable bonds is 12. The second-order valence-corrected chi connectivity index (χ2v) is 10.3. The Morgan fingerprint density at radius 1 is 1.11 bits per heavy atom. The summed E-state index contributed by atoms with van der Waals surface area (Å²) >= 11 is 0. The normalized spacial score (nSPS) is 21.6. The minimum absolute atomic E-state index is 0.0846. The molecule has 3 N–H and O–H groups in total. The first kappa shape index (κ1) is 28.1. The Morgan fingerprint density at radius 2 is 1.81 bits per heavy atom. The summed E-state index contributed by atoms with van der Waals surface area (Å²) < 4.78 is 13.4. The van der Waals surface area contributed by atoms with Crippen molar-refractivity contribution in [3.63, 3.8) is 0 Å². The second kappa shape index (κ2) is 12.7. The van der Waals surface area contributed by atoms with Gasteiger partial charge in [0.25, 0.3) is 5.56 Å². The molecule has 1 aromatic carbocycles. The molecule has 4 unspecified atom stereocenters. The van der Waals surface area contributed by atoms with Crippen molar-refractivity contribution < 1.29 is 24.8 Å². The van der Waals surface area contributed by atoms with E-state index in [1.165, 1.54) is 37.0 Å². The molecule has 0 amide bonds. The second-order valence-electron chi connectivity index (χ2n) is 10.3. The average Bonchev–Trinajstić information content (AvgIpc) is 3.22. The van der Waals surface area contributed by atoms with Crippen molar-refractivity contribution in [2.75, 3.05) is 13.2 Å². The third-order valence-electron chi connectivity index (χ3n) is 6.79. The molecule has 9 heteroatoms. The van der Waals surface area contributed by atoms with Crippen LogP contribution in [0, 0.1) is 18.8 Å². The number of aliphatic hydroxyl groups excluding tert-OH is 3. The van der Waals surface area contributed by atoms with Gasteiger partial charge in [-0.2, -0.15) is 0 Å². The lowest BCUT2D eigenvalue weighted by Crippen LogP contribution is -2.44. The third kappa shape index (κ3) is 6.85. The van der Waals surface area contributed by atoms with E-state index in [0.717, 1.165) is 16.9 Å². The van der Waals surface area contributed by atoms with Crippen LogP contribution in [0.5, 0.6) is 5.75 Å². The summed E-state index contributed by atoms with van der Waals surface area (Å²) in [6, 6.07) is 6.68. The lowest BCUT2D eigenvalue weighted by atomic mass is 9.98. The van der Waals surface area contributed by atoms with E-state index in [4.69, 9.17) is 9.47 Å². The van der Waals surface area contributed by atoms with Crippen molar-refractivity contribution in [3.05, 3.63) is 62.4 Å². The summed E-state index contributed by atoms with van der Waals surface area (Å²) in [5.74, 6) is 1.96. The fraction of sp³-hybridized carbons (Fsp3) is 0.630. The smallest absolute Gasteiger partial charge is 0.335 e. The van der Waals surface area contributed by atoms with Crippen LogP contribution >= 0.6 is 0 Å². The van der Waals surface area contributed by atoms with Gasteiger partial charge in [-0.3, -0.25) is 9.36 Å². The molecule has 1 aliphatic rings. The molecule has 2 aromatic rings. The van der Waals surface area contributed by atoms with Gasteiger partial charge in [-0.1, -0.05) is 52.2 Å². The predicted molar refractivity (Wildman–Crippen MR) is 136 cm³/mol. The Kier molecular flexibility index (Phi) is 9.90. The molecule has 9 nitrogen and oxygen atoms in total. The average molecular weight is 505 g/mol. The third-order valence-corrected chi connectivity index (χ3v) is 6.79. The number of hydrogen-bond acceptors (Lipinski definition) is 7. The van der Waals surface area contributed by atoms with Crippen LogP contribution in [0.25, 0.3) is 0 Å². The largest absolute Gasteiger partial charge is 0.494 e. The fourth-order valence-corrected chi connectivity index (χ4v) is 4.47. The molecule has 1 aliphatic heterocycles. The van der Waals surface area contributed by atoms with Crippen LogP contribution in [0.2, 0.25) is 0 Å². The van der Waals surface area contributed by atoms with Gasteiger partial charge in [-0.15, -0.1) is 0 Å². The number of aryl methyl sites for hydroxylation is 1. The van der Waals surface area contributed by atoms with Crippen molar-refractivity contribution in [2.45, 2.75) is 84.5 Å². The minimum Gasteiger partial charge on any atom is -0.494 e. The molecular weight excluding hydrogens is 464 g/mol. The van der Waals surface area contributed by atoms with Gasteiger partial charge >= 0.3 is 5.69 Å². The van der Waals surface area contributed by atoms with Gasteiger partial charge in [-0.05, 0) is 37.3 Å². The van der Waals surface area contributed by atoms with E-state index in [1.807, 2.05) is 0 Å². The van der Waals surface area contributed by atoms with Gasteiger partial charge in [0.2, 0.25) is 0 Å². The molecule has 0 aliphatic carbocycles. The highest BCUT2D eigenvalue weighted by atomic mass is 16.5. The van der Waals surface area contributed by atoms with Crippen molar-refractivity contribution in [1.82, 2.24) is 9.13 Å². The molecule has 1 aromatic heterocycles. The Hall–Kier alpha value is -2.46. The van der Waals surface area contributed by atoms with E-state index < -0.39 is 35.9 Å². The molecule has 1 saturated heterocycles. The van der Waals surface area contributed by atoms with Crippen LogP contribution in [0.4, 0.5) is 0 Å². The zero-order valence-electron chi connectivity index (χ0n) is 21.7. The lowest BCUT2D eigenvalue weighted by molar-refractivity contribution is -0.0470. The summed E-state index contributed by atoms with van der Waals surface area (Å²) in [7, 11) is 0. The van der Waals surface area contributed by atoms with Gasteiger partial charge in [0.1, 0.15) is 18.1 Å². The minimum atomic E-state index is -1.51. The number of aliphatic hydroxyl groups is 3. The molecule has 200 valence electrons. The predicted octanol–water partition coefficient (Wildman–Crippen LogP) is 2.73. The van der Waals surface area contributed by atoms with E-state index in [1.54, 1.807) is 24.3 Å². The van der Waals surface area contributed by atoms with Crippen molar-refractivity contribution in [1.29, 1.82) is 0 Å². The van der Waals surface area contributed by atoms with E-state index in [9.17, 15) is 24.9 Å². The molecule has 0 bridgehead atoms. The quantitative estimate of drug-likeness (QED) is 0.406. The number of benzene rings is 1. The molecule has 0 radical (unpaired) electrons. The molecule has 5 atom stereocenters. The summed E-state index contributed by atoms with van der Waals surface area (Å²) in [6.45, 7) is 8.45. The summed E-state index contributed by atoms with van der Waals surface area (Å²) in [5.41, 5.74) is -0.781. The summed E-state index contributed by atoms with van der Waals surface area (Å²) in [5, 5.41) is 30.3. The van der Waals surface area contributed by atoms with Crippen LogP contribution < -0.4 is 16.0 Å². The van der Waals surface area contributed by atoms with Crippen LogP contribution in [-0.4, -0.2) is 49.9 Å². The highest BCUT2D eigenvalue weighted by Crippen LogP contribution is 2.27. The molecule has 3 rings (SSSR count). The maximum absolute atomic E-state index is 13.1. The zero-order valence-corrected chi connectivity index (χ0v) is 21.7. The maximum atomic E-state index is 13.1. The van der Waals surface area contributed by atoms with Gasteiger partial charge in [0.15, 0.2) is 6.23 Å². The van der Waals surface area contributed by atoms with Gasteiger partial charge in [0.05, 0.1) is 19.3 Å². The Morgan fingerprint density at radius 3 is 2.42 bits per heavy atom. The number of ether oxygens (including phenoxy) is 2. The van der Waals surface area contributed by atoms with E-state index in [0.29, 0.717) is 23.8 Å². The van der Waals surface area contributed by atoms with Crippen molar-refractivity contribution >= 4 is 0 Å². The molecule has 0 spiro atoms. The van der Waals surface area contributed by atoms with E-state index in [-0.39, 0.29) is 18.6 Å². The summed E-state index contributed by atoms with van der Waals surface area (Å²) in [4.78, 5) is 25.9. The highest BCUT2D eigenvalue weighted by Gasteiger charge is 2.35. The van der Waals surface area contributed by atoms with Gasteiger partial charge in [0, 0.05) is 23.7 Å². The topological polar surface area (TPSA) is 123 Å². The first-order valence-corrected chi connectivity index (χ1v) is 12.8. The van der Waals surface area contributed by atoms with Crippen LogP contribution in [-0.2, 0) is 4.74 Å². The van der Waals surface area contributed by atoms with Crippen LogP contribution in [0.3, 0.4) is 0 Å². The lowest BCUT2D eigenvalue weighted by Gasteiger charge is -2.20. The Labute approximate surface area is 211 Å². The highest BCUT2D eigenvalue weighted by molar-refractivity contribution is 5.29. The van der Waals surface area contributed by atoms with Gasteiger partial charge < -0.3 is 24.8 Å². The number of nitrogens with zero attached hydrogens (tertiary/aromatic N) is 2. The first-order valence-electron chi connectivity index (χ1n) is 12.8. The Balaban J connectivity index is 1.68. The van der Waals surface area contributed by atoms with E-state index in [2.05, 4.69) is 20.8 Å². The molecule has 1 fully saturated rings. The van der Waals surface area contributed by atoms with E-state index >= 15 is 0 Å². The molecule has 0 saturated carbocycles. The summed E-state index contributed by atoms with van der Waals surface area (Å²) in [6.07, 6.45) is 1.92. The fourth-order valence-electron chi connectivity index (χ4n) is 4.47. The monoisotopic (exact) mass is 504 g/mol. The maximum Gasteiger partial charge on any atom is 0.335 e. The number of aromatic nitrogens is 2. The molecular formula is C27H40N2O7. The van der Waals surface area contributed by atoms with Crippen molar-refractivity contribution in [3.8, 4) is 5.75 Å². The van der Waals surface area contributed by atoms with Crippen LogP contribution in [0.1, 0.15) is 76.5 Å². The zero-order chi connectivity index (χ0) is 26.4.